The molecule has 404 valence electrons. The number of fused-ring (bicyclic) bond motifs is 7. The third-order valence-electron chi connectivity index (χ3n) is 17.2. The number of ether oxygens (including phenoxy) is 3. The number of amides is 3. The van der Waals surface area contributed by atoms with Crippen molar-refractivity contribution in [2.45, 2.75) is 123 Å². The molecule has 4 aromatic rings. The number of nitrogens with zero attached hydrogens (tertiary/aromatic N) is 8. The molecular weight excluding hydrogens is 971 g/mol. The second kappa shape index (κ2) is 21.1. The van der Waals surface area contributed by atoms with Gasteiger partial charge in [-0.3, -0.25) is 39.0 Å². The van der Waals surface area contributed by atoms with Gasteiger partial charge in [0.1, 0.15) is 12.1 Å². The number of anilines is 1. The number of piperazine rings is 1. The molecule has 10 heterocycles. The van der Waals surface area contributed by atoms with Crippen LogP contribution in [0.15, 0.2) is 35.8 Å². The van der Waals surface area contributed by atoms with Crippen molar-refractivity contribution in [3.63, 3.8) is 0 Å². The Bertz CT molecular complexity index is 2810. The highest BCUT2D eigenvalue weighted by molar-refractivity contribution is 7.10. The van der Waals surface area contributed by atoms with Crippen LogP contribution in [0.5, 0.6) is 0 Å². The first-order chi connectivity index (χ1) is 36.1. The number of morpholine rings is 1. The Morgan fingerprint density at radius 2 is 1.87 bits per heavy atom. The lowest BCUT2D eigenvalue weighted by molar-refractivity contribution is -0.155. The number of esters is 1. The first-order valence-corrected chi connectivity index (χ1v) is 28.5. The van der Waals surface area contributed by atoms with E-state index in [1.54, 1.807) is 7.11 Å². The number of hydrogen-bond donors (Lipinski definition) is 3. The quantitative estimate of drug-likeness (QED) is 0.147. The van der Waals surface area contributed by atoms with Gasteiger partial charge in [-0.25, -0.2) is 10.4 Å². The van der Waals surface area contributed by atoms with E-state index >= 15 is 0 Å². The molecular formula is C56H77N11O7S. The molecule has 3 aromatic heterocycles. The summed E-state index contributed by atoms with van der Waals surface area (Å²) in [5.41, 5.74) is 10.6. The van der Waals surface area contributed by atoms with Crippen LogP contribution in [0.25, 0.3) is 33.4 Å². The second-order valence-electron chi connectivity index (χ2n) is 23.6. The third-order valence-corrected chi connectivity index (χ3v) is 18.1. The molecule has 6 fully saturated rings. The number of methoxy groups -OCH3 is 1. The molecule has 1 unspecified atom stereocenters. The van der Waals surface area contributed by atoms with Gasteiger partial charge >= 0.3 is 5.97 Å². The van der Waals surface area contributed by atoms with Gasteiger partial charge in [-0.05, 0) is 82.2 Å². The fourth-order valence-corrected chi connectivity index (χ4v) is 13.9. The predicted octanol–water partition coefficient (Wildman–Crippen LogP) is 4.64. The molecule has 18 nitrogen and oxygen atoms in total. The maximum atomic E-state index is 14.9. The first kappa shape index (κ1) is 52.1. The molecule has 75 heavy (non-hydrogen) atoms. The molecule has 7 aliphatic rings. The van der Waals surface area contributed by atoms with Crippen molar-refractivity contribution in [2.75, 3.05) is 97.3 Å². The van der Waals surface area contributed by atoms with Gasteiger partial charge in [0.05, 0.1) is 78.0 Å². The Hall–Kier alpha value is -5.02. The fraction of sp³-hybridized carbons (Fsp3) is 0.643. The average Bonchev–Trinajstić information content (AvgIpc) is 3.66. The Kier molecular flexibility index (Phi) is 14.6. The lowest BCUT2D eigenvalue weighted by atomic mass is 9.84. The van der Waals surface area contributed by atoms with E-state index in [4.69, 9.17) is 24.2 Å². The number of hydrogen-bond acceptors (Lipinski definition) is 15. The number of hydrazine groups is 1. The zero-order chi connectivity index (χ0) is 52.3. The molecule has 6 saturated heterocycles. The highest BCUT2D eigenvalue weighted by Crippen LogP contribution is 2.44. The summed E-state index contributed by atoms with van der Waals surface area (Å²) in [7, 11) is 1.73. The smallest absolute Gasteiger partial charge is 0.324 e. The van der Waals surface area contributed by atoms with Gasteiger partial charge in [0.15, 0.2) is 0 Å². The van der Waals surface area contributed by atoms with Gasteiger partial charge in [-0.15, -0.1) is 11.3 Å². The molecule has 0 aliphatic carbocycles. The zero-order valence-corrected chi connectivity index (χ0v) is 45.8. The monoisotopic (exact) mass is 1050 g/mol. The minimum Gasteiger partial charge on any atom is -0.464 e. The van der Waals surface area contributed by atoms with Gasteiger partial charge in [-0.2, -0.15) is 0 Å². The van der Waals surface area contributed by atoms with E-state index in [0.717, 1.165) is 127 Å². The summed E-state index contributed by atoms with van der Waals surface area (Å²) < 4.78 is 20.6. The molecule has 0 radical (unpaired) electrons. The highest BCUT2D eigenvalue weighted by Gasteiger charge is 2.50. The van der Waals surface area contributed by atoms with Crippen LogP contribution in [0.2, 0.25) is 0 Å². The van der Waals surface area contributed by atoms with Gasteiger partial charge < -0.3 is 39.2 Å². The maximum Gasteiger partial charge on any atom is 0.324 e. The van der Waals surface area contributed by atoms with E-state index in [0.29, 0.717) is 51.5 Å². The average molecular weight is 1050 g/mol. The van der Waals surface area contributed by atoms with Crippen LogP contribution < -0.4 is 21.0 Å². The summed E-state index contributed by atoms with van der Waals surface area (Å²) in [6, 6.07) is 6.96. The normalized spacial score (nSPS) is 27.4. The minimum absolute atomic E-state index is 0.0433. The Labute approximate surface area is 445 Å². The van der Waals surface area contributed by atoms with Crippen LogP contribution in [0.1, 0.15) is 89.6 Å². The van der Waals surface area contributed by atoms with Gasteiger partial charge in [0.25, 0.3) is 5.91 Å². The maximum absolute atomic E-state index is 14.9. The number of benzene rings is 1. The van der Waals surface area contributed by atoms with Crippen molar-refractivity contribution in [3.8, 4) is 22.5 Å². The summed E-state index contributed by atoms with van der Waals surface area (Å²) in [6.07, 6.45) is 5.39. The number of carbonyl (C=O) groups excluding carboxylic acids is 4. The summed E-state index contributed by atoms with van der Waals surface area (Å²) in [4.78, 5) is 76.5. The van der Waals surface area contributed by atoms with Crippen molar-refractivity contribution >= 4 is 51.6 Å². The van der Waals surface area contributed by atoms with E-state index in [1.807, 2.05) is 11.1 Å². The zero-order valence-electron chi connectivity index (χ0n) is 45.0. The summed E-state index contributed by atoms with van der Waals surface area (Å²) >= 11 is 1.48. The number of thiazole rings is 1. The standard InChI is InChI=1S/C56H77N11O7S/c1-8-66-46-12-11-36-22-39(46)41(50(66)40-23-37(26-58-48(40)35(4)72-7)63-19-18-62-20-21-73-29-38(62)28-63)25-55(5,6)33-74-54(71)42-10-9-15-67(61-42)53(70)43(24-47-59-45(36)30-75-47)60-51(68)49(34(2)3)64-16-13-56(31-64)14-17-65(32-56)52(69)44-27-57-44/h11-12,22-23,26,30,34-35,38,42-44,49,57,61H,8-10,13-21,24-25,27-29,31-33H2,1-7H3,(H,60,68)/t35-,38-,42-,43-,44+,49?,56-/m0/s1. The molecule has 3 amide bonds. The van der Waals surface area contributed by atoms with Crippen molar-refractivity contribution < 1.29 is 33.4 Å². The van der Waals surface area contributed by atoms with Crippen LogP contribution in [0.3, 0.4) is 0 Å². The largest absolute Gasteiger partial charge is 0.464 e. The van der Waals surface area contributed by atoms with Crippen molar-refractivity contribution in [3.05, 3.63) is 52.1 Å². The number of nitrogens with one attached hydrogen (secondary N) is 3. The number of likely N-dealkylation sites (tertiary alicyclic amines) is 2. The van der Waals surface area contributed by atoms with Crippen molar-refractivity contribution in [1.82, 2.24) is 50.3 Å². The highest BCUT2D eigenvalue weighted by atomic mass is 32.1. The van der Waals surface area contributed by atoms with Crippen molar-refractivity contribution in [2.24, 2.45) is 16.7 Å². The fourth-order valence-electron chi connectivity index (χ4n) is 13.0. The van der Waals surface area contributed by atoms with E-state index in [2.05, 4.69) is 107 Å². The molecule has 19 heteroatoms. The lowest BCUT2D eigenvalue weighted by Gasteiger charge is -2.44. The van der Waals surface area contributed by atoms with Crippen LogP contribution in [-0.2, 0) is 52.8 Å². The Morgan fingerprint density at radius 3 is 2.65 bits per heavy atom. The number of cyclic esters (lactones) is 1. The molecule has 7 aliphatic heterocycles. The molecule has 1 spiro atoms. The van der Waals surface area contributed by atoms with Crippen LogP contribution in [0.4, 0.5) is 5.69 Å². The topological polar surface area (TPSA) is 189 Å². The number of pyridine rings is 1. The Balaban J connectivity index is 0.941. The number of carbonyl (C=O) groups is 4. The van der Waals surface area contributed by atoms with Gasteiger partial charge in [0, 0.05) is 117 Å². The van der Waals surface area contributed by atoms with Crippen LogP contribution >= 0.6 is 11.3 Å². The Morgan fingerprint density at radius 1 is 1.04 bits per heavy atom. The minimum atomic E-state index is -0.955. The van der Waals surface area contributed by atoms with E-state index in [-0.39, 0.29) is 54.2 Å². The lowest BCUT2D eigenvalue weighted by Crippen LogP contribution is -2.62. The van der Waals surface area contributed by atoms with Crippen LogP contribution in [-0.4, -0.2) is 181 Å². The summed E-state index contributed by atoms with van der Waals surface area (Å²) in [5.74, 6) is -0.797. The molecule has 7 atom stereocenters. The molecule has 11 rings (SSSR count). The van der Waals surface area contributed by atoms with Gasteiger partial charge in [0.2, 0.25) is 11.8 Å². The van der Waals surface area contributed by atoms with Gasteiger partial charge in [-0.1, -0.05) is 33.8 Å². The number of aromatic nitrogens is 3. The van der Waals surface area contributed by atoms with Crippen molar-refractivity contribution in [1.29, 1.82) is 0 Å². The summed E-state index contributed by atoms with van der Waals surface area (Å²) in [6.45, 7) is 22.7. The SMILES string of the molecule is CCn1c(-c2cc(N3CCN4CCOC[C@@H]4C3)cnc2[C@H](C)OC)c2c3cc(ccc31)-c1csc(n1)C[C@H](NC(=O)C(C(C)C)N1CC[C@]3(CCN(C(=O)[C@H]4CN4)C3)C1)C(=O)N1CCC[C@H](N1)C(=O)OCC(C)(C)C2. The predicted molar refractivity (Wildman–Crippen MR) is 288 cm³/mol. The third kappa shape index (κ3) is 10.5. The van der Waals surface area contributed by atoms with Crippen LogP contribution in [0, 0.1) is 16.7 Å². The second-order valence-corrected chi connectivity index (χ2v) is 24.5. The van der Waals surface area contributed by atoms with E-state index in [1.165, 1.54) is 16.3 Å². The molecule has 0 saturated carbocycles. The number of rotatable bonds is 10. The molecule has 1 aromatic carbocycles. The van der Waals surface area contributed by atoms with E-state index in [9.17, 15) is 19.2 Å². The van der Waals surface area contributed by atoms with E-state index < -0.39 is 29.5 Å². The summed E-state index contributed by atoms with van der Waals surface area (Å²) in [5, 5.41) is 11.8. The first-order valence-electron chi connectivity index (χ1n) is 27.6. The molecule has 3 N–H and O–H groups in total. The number of aryl methyl sites for hydroxylation is 1. The molecule has 6 bridgehead atoms.